The number of hydrogen-bond donors (Lipinski definition) is 0. The molecular weight excluding hydrogens is 228 g/mol. The predicted octanol–water partition coefficient (Wildman–Crippen LogP) is 3.00. The standard InChI is InChI=1S/C19H15/c1-19(2)9-5-7-14-11-17-15(12-18(14)19)10-13-6-3-4-8-16(13)17/h3-6,8-12H,1-2H3. The molecular formula is C19H15. The van der Waals surface area contributed by atoms with Crippen molar-refractivity contribution in [1.82, 2.24) is 0 Å². The van der Waals surface area contributed by atoms with Crippen molar-refractivity contribution in [2.24, 2.45) is 0 Å². The Hall–Kier alpha value is -2.08. The molecule has 0 bridgehead atoms. The quantitative estimate of drug-likeness (QED) is 0.569. The summed E-state index contributed by atoms with van der Waals surface area (Å²) in [4.78, 5) is 0. The van der Waals surface area contributed by atoms with Gasteiger partial charge in [0.25, 0.3) is 0 Å². The second-order valence-corrected chi connectivity index (χ2v) is 5.92. The van der Waals surface area contributed by atoms with Crippen molar-refractivity contribution in [3.05, 3.63) is 70.1 Å². The van der Waals surface area contributed by atoms with E-state index in [0.717, 1.165) is 0 Å². The van der Waals surface area contributed by atoms with E-state index in [9.17, 15) is 0 Å². The molecule has 0 nitrogen and oxygen atoms in total. The highest BCUT2D eigenvalue weighted by Crippen LogP contribution is 2.29. The van der Waals surface area contributed by atoms with E-state index in [1.165, 1.54) is 32.7 Å². The zero-order valence-electron chi connectivity index (χ0n) is 11.2. The van der Waals surface area contributed by atoms with Gasteiger partial charge in [-0.2, -0.15) is 0 Å². The zero-order chi connectivity index (χ0) is 13.0. The first-order valence-electron chi connectivity index (χ1n) is 6.72. The van der Waals surface area contributed by atoms with Crippen molar-refractivity contribution in [2.45, 2.75) is 19.3 Å². The molecule has 2 aromatic rings. The van der Waals surface area contributed by atoms with Gasteiger partial charge in [0.1, 0.15) is 0 Å². The Labute approximate surface area is 113 Å². The van der Waals surface area contributed by atoms with Crippen molar-refractivity contribution in [1.29, 1.82) is 0 Å². The Morgan fingerprint density at radius 2 is 1.84 bits per heavy atom. The van der Waals surface area contributed by atoms with Crippen LogP contribution in [0, 0.1) is 0 Å². The third-order valence-electron chi connectivity index (χ3n) is 4.18. The number of benzene rings is 2. The lowest BCUT2D eigenvalue weighted by Gasteiger charge is -2.24. The molecule has 2 aliphatic carbocycles. The molecule has 0 unspecified atom stereocenters. The first-order chi connectivity index (χ1) is 9.15. The van der Waals surface area contributed by atoms with Crippen LogP contribution in [0.5, 0.6) is 0 Å². The molecule has 2 aromatic carbocycles. The second-order valence-electron chi connectivity index (χ2n) is 5.92. The largest absolute Gasteiger partial charge is 0.0738 e. The summed E-state index contributed by atoms with van der Waals surface area (Å²) >= 11 is 0. The third-order valence-corrected chi connectivity index (χ3v) is 4.18. The zero-order valence-corrected chi connectivity index (χ0v) is 11.2. The Kier molecular flexibility index (Phi) is 1.98. The second kappa shape index (κ2) is 3.48. The molecule has 0 saturated heterocycles. The van der Waals surface area contributed by atoms with Crippen molar-refractivity contribution < 1.29 is 0 Å². The summed E-state index contributed by atoms with van der Waals surface area (Å²) in [6.07, 6.45) is 9.96. The highest BCUT2D eigenvalue weighted by atomic mass is 14.3. The van der Waals surface area contributed by atoms with Crippen molar-refractivity contribution in [3.8, 4) is 11.1 Å². The van der Waals surface area contributed by atoms with Crippen LogP contribution in [-0.4, -0.2) is 0 Å². The fraction of sp³-hybridized carbons (Fsp3) is 0.158. The fourth-order valence-electron chi connectivity index (χ4n) is 3.09. The maximum atomic E-state index is 3.38. The van der Waals surface area contributed by atoms with Crippen LogP contribution in [-0.2, 0) is 5.41 Å². The summed E-state index contributed by atoms with van der Waals surface area (Å²) in [5.41, 5.74) is 5.48. The van der Waals surface area contributed by atoms with E-state index in [0.29, 0.717) is 0 Å². The molecule has 4 rings (SSSR count). The monoisotopic (exact) mass is 243 g/mol. The molecule has 0 heterocycles. The lowest BCUT2D eigenvalue weighted by molar-refractivity contribution is 0.661. The van der Waals surface area contributed by atoms with Crippen LogP contribution < -0.4 is 10.4 Å². The number of rotatable bonds is 0. The van der Waals surface area contributed by atoms with Crippen LogP contribution in [0.25, 0.3) is 23.3 Å². The fourth-order valence-corrected chi connectivity index (χ4v) is 3.09. The molecule has 0 aliphatic heterocycles. The Balaban J connectivity index is 2.09. The normalized spacial score (nSPS) is 16.9. The van der Waals surface area contributed by atoms with E-state index < -0.39 is 0 Å². The molecule has 0 heteroatoms. The first kappa shape index (κ1) is 10.8. The third kappa shape index (κ3) is 1.46. The van der Waals surface area contributed by atoms with Gasteiger partial charge in [-0.3, -0.25) is 0 Å². The van der Waals surface area contributed by atoms with Crippen LogP contribution >= 0.6 is 0 Å². The van der Waals surface area contributed by atoms with Gasteiger partial charge in [-0.1, -0.05) is 50.3 Å². The maximum absolute atomic E-state index is 3.38. The highest BCUT2D eigenvalue weighted by Gasteiger charge is 2.22. The van der Waals surface area contributed by atoms with Crippen LogP contribution in [0.1, 0.15) is 25.0 Å². The lowest BCUT2D eigenvalue weighted by atomic mass is 9.80. The first-order valence-corrected chi connectivity index (χ1v) is 6.72. The summed E-state index contributed by atoms with van der Waals surface area (Å²) < 4.78 is 0. The van der Waals surface area contributed by atoms with Gasteiger partial charge in [0.05, 0.1) is 0 Å². The summed E-state index contributed by atoms with van der Waals surface area (Å²) in [7, 11) is 0. The number of fused-ring (bicyclic) bond motifs is 4. The van der Waals surface area contributed by atoms with Gasteiger partial charge in [-0.15, -0.1) is 0 Å². The van der Waals surface area contributed by atoms with Gasteiger partial charge >= 0.3 is 0 Å². The van der Waals surface area contributed by atoms with E-state index in [4.69, 9.17) is 0 Å². The highest BCUT2D eigenvalue weighted by molar-refractivity contribution is 5.83. The topological polar surface area (TPSA) is 0 Å². The molecule has 0 spiro atoms. The molecule has 0 amide bonds. The predicted molar refractivity (Wildman–Crippen MR) is 80.3 cm³/mol. The molecule has 0 aromatic heterocycles. The molecule has 0 fully saturated rings. The van der Waals surface area contributed by atoms with Gasteiger partial charge in [-0.25, -0.2) is 0 Å². The molecule has 19 heavy (non-hydrogen) atoms. The van der Waals surface area contributed by atoms with E-state index in [-0.39, 0.29) is 5.41 Å². The summed E-state index contributed by atoms with van der Waals surface area (Å²) in [6.45, 7) is 4.52. The van der Waals surface area contributed by atoms with Gasteiger partial charge in [-0.05, 0) is 57.0 Å². The van der Waals surface area contributed by atoms with Crippen molar-refractivity contribution in [3.63, 3.8) is 0 Å². The smallest absolute Gasteiger partial charge is 0.00850 e. The van der Waals surface area contributed by atoms with E-state index in [1.807, 2.05) is 0 Å². The molecule has 2 aliphatic rings. The molecule has 0 atom stereocenters. The van der Waals surface area contributed by atoms with E-state index >= 15 is 0 Å². The van der Waals surface area contributed by atoms with Crippen LogP contribution in [0.2, 0.25) is 0 Å². The molecule has 0 saturated carbocycles. The molecule has 1 radical (unpaired) electrons. The average molecular weight is 243 g/mol. The molecule has 91 valence electrons. The SMILES string of the molecule is CC1(C)C=C[C]=c2cc3c(cc21)=Cc1ccccc1-3. The van der Waals surface area contributed by atoms with Crippen LogP contribution in [0.15, 0.2) is 48.6 Å². The minimum atomic E-state index is 0.0955. The summed E-state index contributed by atoms with van der Waals surface area (Å²) in [6, 6.07) is 13.2. The maximum Gasteiger partial charge on any atom is 0.00850 e. The Morgan fingerprint density at radius 1 is 1.00 bits per heavy atom. The summed E-state index contributed by atoms with van der Waals surface area (Å²) in [5.74, 6) is 0. The van der Waals surface area contributed by atoms with E-state index in [1.54, 1.807) is 0 Å². The van der Waals surface area contributed by atoms with Gasteiger partial charge in [0.15, 0.2) is 0 Å². The number of allylic oxidation sites excluding steroid dienone is 2. The van der Waals surface area contributed by atoms with Gasteiger partial charge in [0.2, 0.25) is 0 Å². The lowest BCUT2D eigenvalue weighted by Crippen LogP contribution is -2.29. The molecule has 0 N–H and O–H groups in total. The summed E-state index contributed by atoms with van der Waals surface area (Å²) in [5, 5.41) is 2.57. The Bertz CT molecular complexity index is 833. The van der Waals surface area contributed by atoms with Crippen LogP contribution in [0.4, 0.5) is 0 Å². The minimum absolute atomic E-state index is 0.0955. The minimum Gasteiger partial charge on any atom is -0.0738 e. The average Bonchev–Trinajstić information content (AvgIpc) is 2.75. The van der Waals surface area contributed by atoms with Gasteiger partial charge in [0, 0.05) is 5.41 Å². The van der Waals surface area contributed by atoms with Gasteiger partial charge < -0.3 is 0 Å². The van der Waals surface area contributed by atoms with Crippen LogP contribution in [0.3, 0.4) is 0 Å². The number of hydrogen-bond acceptors (Lipinski definition) is 0. The van der Waals surface area contributed by atoms with Crippen molar-refractivity contribution in [2.75, 3.05) is 0 Å². The van der Waals surface area contributed by atoms with Crippen molar-refractivity contribution >= 4 is 12.2 Å². The van der Waals surface area contributed by atoms with E-state index in [2.05, 4.69) is 74.5 Å². The Morgan fingerprint density at radius 3 is 2.74 bits per heavy atom.